The van der Waals surface area contributed by atoms with Gasteiger partial charge in [-0.25, -0.2) is 4.79 Å². The Balaban J connectivity index is 2.98. The van der Waals surface area contributed by atoms with Crippen molar-refractivity contribution in [1.29, 1.82) is 0 Å². The van der Waals surface area contributed by atoms with Crippen LogP contribution in [0.2, 0.25) is 0 Å². The number of alkyl halides is 1. The fourth-order valence-corrected chi connectivity index (χ4v) is 1.37. The average molecular weight is 242 g/mol. The van der Waals surface area contributed by atoms with Crippen LogP contribution in [0.3, 0.4) is 0 Å². The third kappa shape index (κ3) is 2.73. The Morgan fingerprint density at radius 2 is 2.12 bits per heavy atom. The number of halogens is 1. The first kappa shape index (κ1) is 12.5. The van der Waals surface area contributed by atoms with Crippen LogP contribution in [0.4, 0.5) is 5.69 Å². The number of nitrogens with zero attached hydrogens (tertiary/aromatic N) is 1. The third-order valence-electron chi connectivity index (χ3n) is 2.14. The van der Waals surface area contributed by atoms with E-state index in [0.29, 0.717) is 11.3 Å². The van der Waals surface area contributed by atoms with E-state index in [-0.39, 0.29) is 11.8 Å². The highest BCUT2D eigenvalue weighted by molar-refractivity contribution is 6.29. The molecule has 0 saturated carbocycles. The second-order valence-electron chi connectivity index (χ2n) is 3.13. The molecule has 16 heavy (non-hydrogen) atoms. The van der Waals surface area contributed by atoms with Crippen LogP contribution in [0.1, 0.15) is 10.4 Å². The number of anilines is 1. The zero-order valence-electron chi connectivity index (χ0n) is 9.07. The van der Waals surface area contributed by atoms with E-state index in [2.05, 4.69) is 4.74 Å². The van der Waals surface area contributed by atoms with Gasteiger partial charge in [0.1, 0.15) is 5.88 Å². The Labute approximate surface area is 98.8 Å². The van der Waals surface area contributed by atoms with Gasteiger partial charge in [-0.15, -0.1) is 11.6 Å². The summed E-state index contributed by atoms with van der Waals surface area (Å²) < 4.78 is 4.59. The molecule has 0 saturated heterocycles. The van der Waals surface area contributed by atoms with Crippen LogP contribution in [-0.4, -0.2) is 31.9 Å². The molecule has 0 spiro atoms. The lowest BCUT2D eigenvalue weighted by molar-refractivity contribution is -0.116. The molecule has 1 rings (SSSR count). The maximum atomic E-state index is 11.3. The predicted octanol–water partition coefficient (Wildman–Crippen LogP) is 1.67. The molecule has 0 aromatic heterocycles. The van der Waals surface area contributed by atoms with E-state index >= 15 is 0 Å². The van der Waals surface area contributed by atoms with Crippen molar-refractivity contribution < 1.29 is 14.3 Å². The van der Waals surface area contributed by atoms with Gasteiger partial charge >= 0.3 is 5.97 Å². The molecule has 0 bridgehead atoms. The van der Waals surface area contributed by atoms with Crippen molar-refractivity contribution in [1.82, 2.24) is 0 Å². The van der Waals surface area contributed by atoms with Gasteiger partial charge in [-0.1, -0.05) is 6.07 Å². The molecule has 1 aromatic rings. The molecule has 1 aromatic carbocycles. The van der Waals surface area contributed by atoms with Crippen molar-refractivity contribution in [2.24, 2.45) is 0 Å². The Kier molecular flexibility index (Phi) is 4.31. The summed E-state index contributed by atoms with van der Waals surface area (Å²) in [5.74, 6) is -0.767. The first-order valence-electron chi connectivity index (χ1n) is 4.61. The quantitative estimate of drug-likeness (QED) is 0.598. The first-order chi connectivity index (χ1) is 7.60. The van der Waals surface area contributed by atoms with Gasteiger partial charge in [0.2, 0.25) is 5.91 Å². The number of hydrogen-bond donors (Lipinski definition) is 0. The second kappa shape index (κ2) is 5.51. The number of carbonyl (C=O) groups is 2. The molecule has 0 radical (unpaired) electrons. The van der Waals surface area contributed by atoms with Crippen molar-refractivity contribution in [3.63, 3.8) is 0 Å². The molecular weight excluding hydrogens is 230 g/mol. The summed E-state index contributed by atoms with van der Waals surface area (Å²) in [6.07, 6.45) is 0. The summed E-state index contributed by atoms with van der Waals surface area (Å²) in [5, 5.41) is 0. The number of hydrogen-bond acceptors (Lipinski definition) is 3. The minimum Gasteiger partial charge on any atom is -0.465 e. The highest BCUT2D eigenvalue weighted by Gasteiger charge is 2.12. The summed E-state index contributed by atoms with van der Waals surface area (Å²) >= 11 is 5.44. The van der Waals surface area contributed by atoms with Crippen LogP contribution in [0, 0.1) is 0 Å². The highest BCUT2D eigenvalue weighted by atomic mass is 35.5. The molecule has 0 aliphatic carbocycles. The fraction of sp³-hybridized carbons (Fsp3) is 0.273. The van der Waals surface area contributed by atoms with Crippen molar-refractivity contribution in [3.8, 4) is 0 Å². The normalized spacial score (nSPS) is 9.69. The minimum atomic E-state index is -0.437. The first-order valence-corrected chi connectivity index (χ1v) is 5.14. The van der Waals surface area contributed by atoms with Crippen molar-refractivity contribution in [3.05, 3.63) is 29.8 Å². The van der Waals surface area contributed by atoms with Crippen LogP contribution < -0.4 is 4.90 Å². The average Bonchev–Trinajstić information content (AvgIpc) is 2.36. The van der Waals surface area contributed by atoms with E-state index in [1.54, 1.807) is 31.3 Å². The van der Waals surface area contributed by atoms with E-state index in [1.165, 1.54) is 12.0 Å². The number of amides is 1. The smallest absolute Gasteiger partial charge is 0.337 e. The SMILES string of the molecule is COC(=O)c1cccc(N(C)C(=O)CCl)c1. The summed E-state index contributed by atoms with van der Waals surface area (Å²) in [4.78, 5) is 24.0. The lowest BCUT2D eigenvalue weighted by Gasteiger charge is -2.16. The molecule has 0 atom stereocenters. The van der Waals surface area contributed by atoms with E-state index in [4.69, 9.17) is 11.6 Å². The number of rotatable bonds is 3. The van der Waals surface area contributed by atoms with Crippen molar-refractivity contribution in [2.45, 2.75) is 0 Å². The molecule has 4 nitrogen and oxygen atoms in total. The zero-order chi connectivity index (χ0) is 12.1. The molecule has 1 amide bonds. The van der Waals surface area contributed by atoms with Gasteiger partial charge in [0, 0.05) is 12.7 Å². The Morgan fingerprint density at radius 3 is 2.69 bits per heavy atom. The number of carbonyl (C=O) groups excluding carboxylic acids is 2. The molecule has 5 heteroatoms. The fourth-order valence-electron chi connectivity index (χ4n) is 1.19. The lowest BCUT2D eigenvalue weighted by atomic mass is 10.2. The molecular formula is C11H12ClNO3. The van der Waals surface area contributed by atoms with E-state index in [1.807, 2.05) is 0 Å². The molecule has 0 fully saturated rings. The summed E-state index contributed by atoms with van der Waals surface area (Å²) in [5.41, 5.74) is 1.00. The third-order valence-corrected chi connectivity index (χ3v) is 2.37. The van der Waals surface area contributed by atoms with Crippen LogP contribution >= 0.6 is 11.6 Å². The van der Waals surface area contributed by atoms with Gasteiger partial charge in [-0.2, -0.15) is 0 Å². The van der Waals surface area contributed by atoms with Crippen LogP contribution in [0.25, 0.3) is 0 Å². The molecule has 86 valence electrons. The molecule has 0 N–H and O–H groups in total. The number of benzene rings is 1. The minimum absolute atomic E-state index is 0.0983. The maximum absolute atomic E-state index is 11.3. The monoisotopic (exact) mass is 241 g/mol. The summed E-state index contributed by atoms with van der Waals surface area (Å²) in [7, 11) is 2.91. The van der Waals surface area contributed by atoms with Crippen LogP contribution in [-0.2, 0) is 9.53 Å². The van der Waals surface area contributed by atoms with Gasteiger partial charge < -0.3 is 9.64 Å². The number of methoxy groups -OCH3 is 1. The summed E-state index contributed by atoms with van der Waals surface area (Å²) in [6.45, 7) is 0. The Bertz CT molecular complexity index is 406. The predicted molar refractivity (Wildman–Crippen MR) is 61.9 cm³/mol. The topological polar surface area (TPSA) is 46.6 Å². The largest absolute Gasteiger partial charge is 0.465 e. The number of esters is 1. The summed E-state index contributed by atoms with van der Waals surface area (Å²) in [6, 6.07) is 6.60. The Hall–Kier alpha value is -1.55. The maximum Gasteiger partial charge on any atom is 0.337 e. The van der Waals surface area contributed by atoms with Crippen molar-refractivity contribution in [2.75, 3.05) is 24.9 Å². The number of ether oxygens (including phenoxy) is 1. The second-order valence-corrected chi connectivity index (χ2v) is 3.40. The van der Waals surface area contributed by atoms with Gasteiger partial charge in [0.25, 0.3) is 0 Å². The van der Waals surface area contributed by atoms with Crippen LogP contribution in [0.5, 0.6) is 0 Å². The zero-order valence-corrected chi connectivity index (χ0v) is 9.82. The van der Waals surface area contributed by atoms with Crippen LogP contribution in [0.15, 0.2) is 24.3 Å². The molecule has 0 aliphatic heterocycles. The highest BCUT2D eigenvalue weighted by Crippen LogP contribution is 2.15. The molecule has 0 unspecified atom stereocenters. The standard InChI is InChI=1S/C11H12ClNO3/c1-13(10(14)7-12)9-5-3-4-8(6-9)11(15)16-2/h3-6H,7H2,1-2H3. The van der Waals surface area contributed by atoms with Gasteiger partial charge in [-0.3, -0.25) is 4.79 Å². The Morgan fingerprint density at radius 1 is 1.44 bits per heavy atom. The van der Waals surface area contributed by atoms with Crippen molar-refractivity contribution >= 4 is 29.2 Å². The van der Waals surface area contributed by atoms with Gasteiger partial charge in [0.15, 0.2) is 0 Å². The van der Waals surface area contributed by atoms with E-state index < -0.39 is 5.97 Å². The van der Waals surface area contributed by atoms with Gasteiger partial charge in [0.05, 0.1) is 12.7 Å². The molecule has 0 heterocycles. The molecule has 0 aliphatic rings. The lowest BCUT2D eigenvalue weighted by Crippen LogP contribution is -2.27. The van der Waals surface area contributed by atoms with Gasteiger partial charge in [-0.05, 0) is 18.2 Å². The van der Waals surface area contributed by atoms with E-state index in [9.17, 15) is 9.59 Å². The van der Waals surface area contributed by atoms with E-state index in [0.717, 1.165) is 0 Å².